The predicted molar refractivity (Wildman–Crippen MR) is 17.3 cm³/mol. The van der Waals surface area contributed by atoms with Crippen LogP contribution in [0.25, 0.3) is 0 Å². The minimum atomic E-state index is 0. The molecule has 0 heterocycles. The first-order chi connectivity index (χ1) is 1.00. The van der Waals surface area contributed by atoms with E-state index in [2.05, 4.69) is 5.73 Å². The predicted octanol–water partition coefficient (Wildman–Crippen LogP) is -10.1. The van der Waals surface area contributed by atoms with Crippen LogP contribution in [0.4, 0.5) is 0 Å². The molecule has 0 amide bonds. The van der Waals surface area contributed by atoms with Gasteiger partial charge in [0.1, 0.15) is 0 Å². The molecule has 0 aliphatic rings. The molecule has 0 fully saturated rings. The summed E-state index contributed by atoms with van der Waals surface area (Å²) >= 11 is 0. The van der Waals surface area contributed by atoms with E-state index in [-0.39, 0.29) is 99.2 Å². The van der Waals surface area contributed by atoms with Gasteiger partial charge < -0.3 is 77.7 Å². The first-order valence-electron chi connectivity index (χ1n) is 0.577. The van der Waals surface area contributed by atoms with Crippen molar-refractivity contribution < 1.29 is 71.9 Å². The second-order valence-corrected chi connectivity index (χ2v) is 0. The van der Waals surface area contributed by atoms with Crippen LogP contribution in [0.15, 0.2) is 0 Å². The van der Waals surface area contributed by atoms with Gasteiger partial charge in [-0.3, -0.25) is 0 Å². The third-order valence-electron chi connectivity index (χ3n) is 0. The Morgan fingerprint density at radius 1 is 0.833 bits per heavy atom. The quantitative estimate of drug-likeness (QED) is 0.212. The Hall–Kier alpha value is 3.07. The molecule has 0 saturated heterocycles. The van der Waals surface area contributed by atoms with Gasteiger partial charge in [-0.1, -0.05) is 0 Å². The summed E-state index contributed by atoms with van der Waals surface area (Å²) in [6.45, 7) is 0. The van der Waals surface area contributed by atoms with Gasteiger partial charge in [-0.15, -0.1) is 0 Å². The molecule has 0 rings (SSSR count). The first kappa shape index (κ1) is 35.6. The van der Waals surface area contributed by atoms with Gasteiger partial charge in [0.05, 0.1) is 0 Å². The third-order valence-corrected chi connectivity index (χ3v) is 0. The van der Waals surface area contributed by atoms with E-state index >= 15 is 0 Å². The average molecular weight is 620 g/mol. The van der Waals surface area contributed by atoms with E-state index in [1.165, 1.54) is 7.05 Å². The standard InChI is InChI=1S/CH5N.3HI.Pb.H/c1-2;;;;;/h2H2,1H3;3*1H;;/q;;;;+3;/p-3. The molecular formula is CH6I3NPb. The fourth-order valence-electron chi connectivity index (χ4n) is 0. The van der Waals surface area contributed by atoms with Gasteiger partial charge in [0, 0.05) is 0 Å². The average Bonchev–Trinajstić information content (AvgIpc) is 1.00. The van der Waals surface area contributed by atoms with Crippen molar-refractivity contribution in [3.05, 3.63) is 0 Å². The molecule has 0 aromatic carbocycles. The van der Waals surface area contributed by atoms with E-state index in [0.717, 1.165) is 0 Å². The normalized spacial score (nSPS) is 1.00. The second kappa shape index (κ2) is 42.8. The van der Waals surface area contributed by atoms with E-state index in [0.29, 0.717) is 0 Å². The summed E-state index contributed by atoms with van der Waals surface area (Å²) in [5.41, 5.74) is 4.50. The molecule has 0 aromatic rings. The second-order valence-electron chi connectivity index (χ2n) is 0. The van der Waals surface area contributed by atoms with Gasteiger partial charge in [0.15, 0.2) is 0 Å². The molecule has 5 heteroatoms. The molecule has 2 N–H and O–H groups in total. The molecule has 0 bridgehead atoms. The first-order valence-corrected chi connectivity index (χ1v) is 0.577. The van der Waals surface area contributed by atoms with Gasteiger partial charge in [-0.05, 0) is 7.05 Å². The molecule has 0 atom stereocenters. The number of nitrogens with two attached hydrogens (primary N) is 1. The van der Waals surface area contributed by atoms with Gasteiger partial charge >= 0.3 is 27.3 Å². The van der Waals surface area contributed by atoms with Crippen LogP contribution in [-0.2, 0) is 0 Å². The zero-order valence-corrected chi connectivity index (χ0v) is 14.2. The zero-order valence-electron chi connectivity index (χ0n) is 3.29. The molecule has 0 aliphatic heterocycles. The van der Waals surface area contributed by atoms with Crippen molar-refractivity contribution in [1.82, 2.24) is 0 Å². The Labute approximate surface area is 110 Å². The maximum atomic E-state index is 4.50. The number of hydrogen-bond donors (Lipinski definition) is 1. The number of hydrogen-bond acceptors (Lipinski definition) is 1. The SMILES string of the molecule is CN.[I-].[I-].[I-].[PbH+3]. The fraction of sp³-hybridized carbons (Fsp3) is 1.00. The topological polar surface area (TPSA) is 26.0 Å². The monoisotopic (exact) mass is 621 g/mol. The molecule has 0 radical (unpaired) electrons. The van der Waals surface area contributed by atoms with E-state index in [1.807, 2.05) is 0 Å². The molecule has 0 aromatic heterocycles. The Morgan fingerprint density at radius 2 is 0.833 bits per heavy atom. The van der Waals surface area contributed by atoms with Crippen molar-refractivity contribution in [3.8, 4) is 0 Å². The maximum absolute atomic E-state index is 4.50. The Morgan fingerprint density at radius 3 is 0.833 bits per heavy atom. The van der Waals surface area contributed by atoms with E-state index < -0.39 is 0 Å². The van der Waals surface area contributed by atoms with E-state index in [4.69, 9.17) is 0 Å². The summed E-state index contributed by atoms with van der Waals surface area (Å²) in [5, 5.41) is 0. The summed E-state index contributed by atoms with van der Waals surface area (Å²) in [4.78, 5) is 0. The molecule has 0 saturated carbocycles. The van der Waals surface area contributed by atoms with Crippen LogP contribution < -0.4 is 77.7 Å². The number of rotatable bonds is 0. The summed E-state index contributed by atoms with van der Waals surface area (Å²) < 4.78 is 0. The van der Waals surface area contributed by atoms with Crippen LogP contribution in [0.3, 0.4) is 0 Å². The van der Waals surface area contributed by atoms with Gasteiger partial charge in [-0.2, -0.15) is 0 Å². The van der Waals surface area contributed by atoms with Crippen LogP contribution in [0, 0.1) is 0 Å². The molecule has 0 aliphatic carbocycles. The Balaban J connectivity index is -0.000000000833. The molecular weight excluding hydrogens is 614 g/mol. The Bertz CT molecular complexity index is 10.8. The summed E-state index contributed by atoms with van der Waals surface area (Å²) in [6, 6.07) is 0. The molecule has 6 heavy (non-hydrogen) atoms. The van der Waals surface area contributed by atoms with Crippen molar-refractivity contribution in [1.29, 1.82) is 0 Å². The van der Waals surface area contributed by atoms with Crippen LogP contribution >= 0.6 is 0 Å². The van der Waals surface area contributed by atoms with Crippen LogP contribution in [0.5, 0.6) is 0 Å². The van der Waals surface area contributed by atoms with Gasteiger partial charge in [-0.25, -0.2) is 0 Å². The molecule has 0 unspecified atom stereocenters. The summed E-state index contributed by atoms with van der Waals surface area (Å²) in [5.74, 6) is 0. The molecule has 40 valence electrons. The van der Waals surface area contributed by atoms with E-state index in [1.54, 1.807) is 0 Å². The van der Waals surface area contributed by atoms with Crippen LogP contribution in [0.2, 0.25) is 0 Å². The zero-order chi connectivity index (χ0) is 2.00. The van der Waals surface area contributed by atoms with Gasteiger partial charge in [0.2, 0.25) is 0 Å². The molecule has 0 spiro atoms. The third kappa shape index (κ3) is 27.6. The van der Waals surface area contributed by atoms with Crippen LogP contribution in [0.1, 0.15) is 0 Å². The van der Waals surface area contributed by atoms with Crippen molar-refractivity contribution in [2.75, 3.05) is 7.05 Å². The van der Waals surface area contributed by atoms with E-state index in [9.17, 15) is 0 Å². The Kier molecular flexibility index (Phi) is 254. The summed E-state index contributed by atoms with van der Waals surface area (Å²) in [7, 11) is 1.50. The molecule has 1 nitrogen and oxygen atoms in total. The summed E-state index contributed by atoms with van der Waals surface area (Å²) in [6.07, 6.45) is 0. The minimum absolute atomic E-state index is 0. The van der Waals surface area contributed by atoms with Crippen molar-refractivity contribution in [2.24, 2.45) is 5.73 Å². The van der Waals surface area contributed by atoms with Crippen LogP contribution in [-0.4, -0.2) is 34.3 Å². The van der Waals surface area contributed by atoms with Crippen molar-refractivity contribution in [2.45, 2.75) is 0 Å². The van der Waals surface area contributed by atoms with Crippen molar-refractivity contribution in [3.63, 3.8) is 0 Å². The van der Waals surface area contributed by atoms with Crippen molar-refractivity contribution >= 4 is 27.3 Å². The number of halogens is 3. The fourth-order valence-corrected chi connectivity index (χ4v) is 0. The van der Waals surface area contributed by atoms with Gasteiger partial charge in [0.25, 0.3) is 0 Å².